The molecule has 1 atom stereocenters. The van der Waals surface area contributed by atoms with Crippen LogP contribution in [-0.2, 0) is 22.2 Å². The number of nitrogens with two attached hydrogens (primary N) is 1. The molecule has 1 aromatic rings. The van der Waals surface area contributed by atoms with Crippen LogP contribution >= 0.6 is 0 Å². The van der Waals surface area contributed by atoms with Crippen molar-refractivity contribution in [3.8, 4) is 0 Å². The van der Waals surface area contributed by atoms with Crippen LogP contribution in [0.15, 0.2) is 24.3 Å². The van der Waals surface area contributed by atoms with Crippen molar-refractivity contribution in [2.75, 3.05) is 13.1 Å². The number of benzene rings is 1. The number of hydrogen-bond donors (Lipinski definition) is 1. The van der Waals surface area contributed by atoms with Crippen molar-refractivity contribution in [1.82, 2.24) is 4.90 Å². The van der Waals surface area contributed by atoms with E-state index in [1.807, 2.05) is 0 Å². The van der Waals surface area contributed by atoms with Gasteiger partial charge in [-0.2, -0.15) is 13.2 Å². The number of primary amides is 1. The zero-order chi connectivity index (χ0) is 15.6. The lowest BCUT2D eigenvalue weighted by Gasteiger charge is -2.16. The van der Waals surface area contributed by atoms with Crippen molar-refractivity contribution in [3.05, 3.63) is 35.4 Å². The lowest BCUT2D eigenvalue weighted by molar-refractivity contribution is -0.137. The fourth-order valence-corrected chi connectivity index (χ4v) is 2.32. The van der Waals surface area contributed by atoms with E-state index in [0.29, 0.717) is 18.5 Å². The molecule has 2 amide bonds. The van der Waals surface area contributed by atoms with Gasteiger partial charge in [0.2, 0.25) is 11.8 Å². The smallest absolute Gasteiger partial charge is 0.369 e. The summed E-state index contributed by atoms with van der Waals surface area (Å²) in [6.07, 6.45) is -3.83. The Bertz CT molecular complexity index is 540. The molecule has 0 saturated carbocycles. The molecule has 0 bridgehead atoms. The Labute approximate surface area is 119 Å². The minimum absolute atomic E-state index is 0.0175. The van der Waals surface area contributed by atoms with E-state index in [2.05, 4.69) is 0 Å². The highest BCUT2D eigenvalue weighted by molar-refractivity contribution is 5.82. The molecular formula is C14H15F3N2O2. The highest BCUT2D eigenvalue weighted by Gasteiger charge is 2.31. The van der Waals surface area contributed by atoms with Crippen LogP contribution in [0.5, 0.6) is 0 Å². The molecule has 1 aliphatic heterocycles. The topological polar surface area (TPSA) is 63.4 Å². The predicted molar refractivity (Wildman–Crippen MR) is 69.0 cm³/mol. The number of likely N-dealkylation sites (tertiary alicyclic amines) is 1. The SMILES string of the molecule is NC(=O)[C@@H]1CCN(C(=O)Cc2ccc(C(F)(F)F)cc2)C1. The summed E-state index contributed by atoms with van der Waals surface area (Å²) in [7, 11) is 0. The van der Waals surface area contributed by atoms with Gasteiger partial charge in [-0.15, -0.1) is 0 Å². The molecule has 1 saturated heterocycles. The minimum Gasteiger partial charge on any atom is -0.369 e. The molecule has 2 rings (SSSR count). The van der Waals surface area contributed by atoms with Crippen LogP contribution in [-0.4, -0.2) is 29.8 Å². The lowest BCUT2D eigenvalue weighted by atomic mass is 10.1. The van der Waals surface area contributed by atoms with E-state index in [4.69, 9.17) is 5.73 Å². The molecule has 1 aromatic carbocycles. The largest absolute Gasteiger partial charge is 0.416 e. The molecule has 0 radical (unpaired) electrons. The number of rotatable bonds is 3. The summed E-state index contributed by atoms with van der Waals surface area (Å²) in [5.41, 5.74) is 4.95. The first-order valence-corrected chi connectivity index (χ1v) is 6.50. The maximum Gasteiger partial charge on any atom is 0.416 e. The number of hydrogen-bond acceptors (Lipinski definition) is 2. The van der Waals surface area contributed by atoms with E-state index in [1.54, 1.807) is 0 Å². The quantitative estimate of drug-likeness (QED) is 0.921. The molecule has 0 aliphatic carbocycles. The van der Waals surface area contributed by atoms with Crippen molar-refractivity contribution in [1.29, 1.82) is 0 Å². The molecule has 7 heteroatoms. The maximum atomic E-state index is 12.4. The Morgan fingerprint density at radius 3 is 2.33 bits per heavy atom. The van der Waals surface area contributed by atoms with Crippen LogP contribution < -0.4 is 5.73 Å². The van der Waals surface area contributed by atoms with Gasteiger partial charge in [0, 0.05) is 13.1 Å². The normalized spacial score (nSPS) is 18.8. The van der Waals surface area contributed by atoms with Crippen LogP contribution in [0.2, 0.25) is 0 Å². The van der Waals surface area contributed by atoms with E-state index in [9.17, 15) is 22.8 Å². The highest BCUT2D eigenvalue weighted by atomic mass is 19.4. The average molecular weight is 300 g/mol. The molecular weight excluding hydrogens is 285 g/mol. The molecule has 0 unspecified atom stereocenters. The molecule has 0 spiro atoms. The van der Waals surface area contributed by atoms with Crippen molar-refractivity contribution in [3.63, 3.8) is 0 Å². The molecule has 1 aliphatic rings. The van der Waals surface area contributed by atoms with Crippen LogP contribution in [0.1, 0.15) is 17.5 Å². The summed E-state index contributed by atoms with van der Waals surface area (Å²) < 4.78 is 37.3. The second kappa shape index (κ2) is 5.75. The summed E-state index contributed by atoms with van der Waals surface area (Å²) in [5.74, 6) is -0.972. The summed E-state index contributed by atoms with van der Waals surface area (Å²) in [6.45, 7) is 0.738. The van der Waals surface area contributed by atoms with E-state index >= 15 is 0 Å². The monoisotopic (exact) mass is 300 g/mol. The second-order valence-electron chi connectivity index (χ2n) is 5.10. The van der Waals surface area contributed by atoms with Gasteiger partial charge >= 0.3 is 6.18 Å². The van der Waals surface area contributed by atoms with Gasteiger partial charge in [-0.1, -0.05) is 12.1 Å². The Balaban J connectivity index is 1.96. The number of carbonyl (C=O) groups excluding carboxylic acids is 2. The Morgan fingerprint density at radius 1 is 1.24 bits per heavy atom. The van der Waals surface area contributed by atoms with E-state index in [0.717, 1.165) is 12.1 Å². The second-order valence-corrected chi connectivity index (χ2v) is 5.10. The number of halogens is 3. The number of alkyl halides is 3. The van der Waals surface area contributed by atoms with Crippen LogP contribution in [0.4, 0.5) is 13.2 Å². The Hall–Kier alpha value is -2.05. The van der Waals surface area contributed by atoms with Gasteiger partial charge in [0.25, 0.3) is 0 Å². The van der Waals surface area contributed by atoms with Crippen molar-refractivity contribution in [2.45, 2.75) is 19.0 Å². The first kappa shape index (κ1) is 15.3. The molecule has 1 heterocycles. The number of carbonyl (C=O) groups is 2. The molecule has 21 heavy (non-hydrogen) atoms. The van der Waals surface area contributed by atoms with Gasteiger partial charge in [0.05, 0.1) is 17.9 Å². The van der Waals surface area contributed by atoms with E-state index in [-0.39, 0.29) is 24.8 Å². The van der Waals surface area contributed by atoms with Crippen molar-refractivity contribution >= 4 is 11.8 Å². The zero-order valence-corrected chi connectivity index (χ0v) is 11.2. The number of nitrogens with zero attached hydrogens (tertiary/aromatic N) is 1. The maximum absolute atomic E-state index is 12.4. The number of amides is 2. The lowest BCUT2D eigenvalue weighted by Crippen LogP contribution is -2.32. The summed E-state index contributed by atoms with van der Waals surface area (Å²) >= 11 is 0. The summed E-state index contributed by atoms with van der Waals surface area (Å²) in [6, 6.07) is 4.50. The van der Waals surface area contributed by atoms with Crippen LogP contribution in [0.25, 0.3) is 0 Å². The van der Waals surface area contributed by atoms with Gasteiger partial charge in [-0.3, -0.25) is 9.59 Å². The average Bonchev–Trinajstić information content (AvgIpc) is 2.88. The summed E-state index contributed by atoms with van der Waals surface area (Å²) in [4.78, 5) is 24.6. The molecule has 114 valence electrons. The first-order chi connectivity index (χ1) is 9.77. The fourth-order valence-electron chi connectivity index (χ4n) is 2.32. The van der Waals surface area contributed by atoms with Crippen LogP contribution in [0, 0.1) is 5.92 Å². The van der Waals surface area contributed by atoms with Crippen molar-refractivity contribution < 1.29 is 22.8 Å². The first-order valence-electron chi connectivity index (χ1n) is 6.50. The van der Waals surface area contributed by atoms with Gasteiger partial charge in [-0.05, 0) is 24.1 Å². The molecule has 1 fully saturated rings. The minimum atomic E-state index is -4.38. The third kappa shape index (κ3) is 3.74. The highest BCUT2D eigenvalue weighted by Crippen LogP contribution is 2.29. The Kier molecular flexibility index (Phi) is 4.20. The van der Waals surface area contributed by atoms with Crippen LogP contribution in [0.3, 0.4) is 0 Å². The zero-order valence-electron chi connectivity index (χ0n) is 11.2. The third-order valence-electron chi connectivity index (χ3n) is 3.58. The predicted octanol–water partition coefficient (Wildman–Crippen LogP) is 1.58. The summed E-state index contributed by atoms with van der Waals surface area (Å²) in [5, 5.41) is 0. The van der Waals surface area contributed by atoms with Crippen molar-refractivity contribution in [2.24, 2.45) is 11.7 Å². The molecule has 4 nitrogen and oxygen atoms in total. The van der Waals surface area contributed by atoms with Gasteiger partial charge in [0.1, 0.15) is 0 Å². The molecule has 0 aromatic heterocycles. The fraction of sp³-hybridized carbons (Fsp3) is 0.429. The van der Waals surface area contributed by atoms with Gasteiger partial charge in [-0.25, -0.2) is 0 Å². The standard InChI is InChI=1S/C14H15F3N2O2/c15-14(16,17)11-3-1-9(2-4-11)7-12(20)19-6-5-10(8-19)13(18)21/h1-4,10H,5-8H2,(H2,18,21)/t10-/m1/s1. The van der Waals surface area contributed by atoms with E-state index in [1.165, 1.54) is 17.0 Å². The van der Waals surface area contributed by atoms with Gasteiger partial charge in [0.15, 0.2) is 0 Å². The Morgan fingerprint density at radius 2 is 1.86 bits per heavy atom. The van der Waals surface area contributed by atoms with Gasteiger partial charge < -0.3 is 10.6 Å². The third-order valence-corrected chi connectivity index (χ3v) is 3.58. The molecule has 2 N–H and O–H groups in total. The van der Waals surface area contributed by atoms with E-state index < -0.39 is 17.6 Å².